The Kier molecular flexibility index (Phi) is 5.49. The molecule has 29 heavy (non-hydrogen) atoms. The SMILES string of the molecule is Cc1ccc(-c2sc(-c3ccccc3)nc2CC(=O)Nc2cccc(F)c2)cc1. The molecule has 0 atom stereocenters. The van der Waals surface area contributed by atoms with E-state index in [4.69, 9.17) is 4.98 Å². The highest BCUT2D eigenvalue weighted by molar-refractivity contribution is 7.18. The Labute approximate surface area is 172 Å². The van der Waals surface area contributed by atoms with Crippen molar-refractivity contribution in [1.82, 2.24) is 4.98 Å². The summed E-state index contributed by atoms with van der Waals surface area (Å²) < 4.78 is 13.4. The van der Waals surface area contributed by atoms with Gasteiger partial charge in [0.2, 0.25) is 5.91 Å². The first-order valence-electron chi connectivity index (χ1n) is 9.26. The van der Waals surface area contributed by atoms with Crippen molar-refractivity contribution in [3.05, 3.63) is 95.9 Å². The summed E-state index contributed by atoms with van der Waals surface area (Å²) in [4.78, 5) is 18.3. The molecule has 4 rings (SSSR count). The molecular weight excluding hydrogens is 383 g/mol. The number of hydrogen-bond acceptors (Lipinski definition) is 3. The number of aromatic nitrogens is 1. The van der Waals surface area contributed by atoms with Crippen molar-refractivity contribution in [3.8, 4) is 21.0 Å². The summed E-state index contributed by atoms with van der Waals surface area (Å²) in [5, 5.41) is 3.62. The maximum Gasteiger partial charge on any atom is 0.230 e. The van der Waals surface area contributed by atoms with Crippen molar-refractivity contribution < 1.29 is 9.18 Å². The van der Waals surface area contributed by atoms with E-state index in [2.05, 4.69) is 5.32 Å². The lowest BCUT2D eigenvalue weighted by molar-refractivity contribution is -0.115. The Bertz CT molecular complexity index is 1140. The van der Waals surface area contributed by atoms with Gasteiger partial charge in [0.1, 0.15) is 10.8 Å². The van der Waals surface area contributed by atoms with E-state index in [0.29, 0.717) is 11.4 Å². The van der Waals surface area contributed by atoms with Gasteiger partial charge in [0, 0.05) is 11.3 Å². The molecule has 1 amide bonds. The second kappa shape index (κ2) is 8.37. The van der Waals surface area contributed by atoms with E-state index in [1.807, 2.05) is 61.5 Å². The predicted molar refractivity (Wildman–Crippen MR) is 116 cm³/mol. The molecular formula is C24H19FN2OS. The fraction of sp³-hybridized carbons (Fsp3) is 0.0833. The lowest BCUT2D eigenvalue weighted by atomic mass is 10.1. The molecule has 3 aromatic carbocycles. The number of thiazole rings is 1. The Morgan fingerprint density at radius 2 is 1.72 bits per heavy atom. The zero-order valence-corrected chi connectivity index (χ0v) is 16.7. The molecule has 0 unspecified atom stereocenters. The number of rotatable bonds is 5. The third-order valence-electron chi connectivity index (χ3n) is 4.47. The highest BCUT2D eigenvalue weighted by atomic mass is 32.1. The fourth-order valence-electron chi connectivity index (χ4n) is 3.03. The lowest BCUT2D eigenvalue weighted by Gasteiger charge is -2.06. The number of amides is 1. The summed E-state index contributed by atoms with van der Waals surface area (Å²) in [7, 11) is 0. The van der Waals surface area contributed by atoms with Crippen LogP contribution in [0.2, 0.25) is 0 Å². The molecule has 0 radical (unpaired) electrons. The average molecular weight is 402 g/mol. The highest BCUT2D eigenvalue weighted by Gasteiger charge is 2.17. The van der Waals surface area contributed by atoms with Crippen LogP contribution in [0, 0.1) is 12.7 Å². The van der Waals surface area contributed by atoms with E-state index in [0.717, 1.165) is 21.0 Å². The van der Waals surface area contributed by atoms with Crippen LogP contribution in [0.25, 0.3) is 21.0 Å². The van der Waals surface area contributed by atoms with Gasteiger partial charge in [-0.05, 0) is 30.7 Å². The molecule has 5 heteroatoms. The number of anilines is 1. The van der Waals surface area contributed by atoms with E-state index in [1.54, 1.807) is 23.5 Å². The van der Waals surface area contributed by atoms with Gasteiger partial charge in [-0.25, -0.2) is 9.37 Å². The number of aryl methyl sites for hydroxylation is 1. The van der Waals surface area contributed by atoms with Crippen molar-refractivity contribution in [2.45, 2.75) is 13.3 Å². The quantitative estimate of drug-likeness (QED) is 0.438. The van der Waals surface area contributed by atoms with Crippen molar-refractivity contribution >= 4 is 22.9 Å². The largest absolute Gasteiger partial charge is 0.326 e. The normalized spacial score (nSPS) is 10.7. The van der Waals surface area contributed by atoms with Crippen molar-refractivity contribution in [1.29, 1.82) is 0 Å². The van der Waals surface area contributed by atoms with Gasteiger partial charge in [0.05, 0.1) is 17.0 Å². The first-order valence-corrected chi connectivity index (χ1v) is 10.1. The monoisotopic (exact) mass is 402 g/mol. The van der Waals surface area contributed by atoms with Crippen LogP contribution in [0.3, 0.4) is 0 Å². The Balaban J connectivity index is 1.66. The average Bonchev–Trinajstić information content (AvgIpc) is 3.13. The molecule has 0 aliphatic rings. The molecule has 0 fully saturated rings. The van der Waals surface area contributed by atoms with Crippen LogP contribution in [0.5, 0.6) is 0 Å². The minimum atomic E-state index is -0.386. The lowest BCUT2D eigenvalue weighted by Crippen LogP contribution is -2.15. The molecule has 1 aromatic heterocycles. The summed E-state index contributed by atoms with van der Waals surface area (Å²) in [6.45, 7) is 2.04. The van der Waals surface area contributed by atoms with Gasteiger partial charge in [-0.1, -0.05) is 66.2 Å². The number of hydrogen-bond donors (Lipinski definition) is 1. The Morgan fingerprint density at radius 3 is 2.45 bits per heavy atom. The molecule has 0 saturated carbocycles. The number of nitrogens with one attached hydrogen (secondary N) is 1. The molecule has 0 aliphatic heterocycles. The van der Waals surface area contributed by atoms with Gasteiger partial charge >= 0.3 is 0 Å². The zero-order valence-electron chi connectivity index (χ0n) is 15.9. The van der Waals surface area contributed by atoms with Crippen LogP contribution < -0.4 is 5.32 Å². The minimum Gasteiger partial charge on any atom is -0.326 e. The van der Waals surface area contributed by atoms with Crippen LogP contribution in [-0.2, 0) is 11.2 Å². The molecule has 1 N–H and O–H groups in total. The summed E-state index contributed by atoms with van der Waals surface area (Å²) in [5.41, 5.74) is 4.37. The molecule has 0 saturated heterocycles. The smallest absolute Gasteiger partial charge is 0.230 e. The summed E-state index contributed by atoms with van der Waals surface area (Å²) >= 11 is 1.57. The van der Waals surface area contributed by atoms with Gasteiger partial charge < -0.3 is 5.32 Å². The Hall–Kier alpha value is -3.31. The topological polar surface area (TPSA) is 42.0 Å². The van der Waals surface area contributed by atoms with Crippen LogP contribution in [0.15, 0.2) is 78.9 Å². The summed E-state index contributed by atoms with van der Waals surface area (Å²) in [5.74, 6) is -0.614. The van der Waals surface area contributed by atoms with Gasteiger partial charge in [0.15, 0.2) is 0 Å². The molecule has 0 spiro atoms. The first-order chi connectivity index (χ1) is 14.1. The Morgan fingerprint density at radius 1 is 0.966 bits per heavy atom. The molecule has 3 nitrogen and oxygen atoms in total. The highest BCUT2D eigenvalue weighted by Crippen LogP contribution is 2.36. The van der Waals surface area contributed by atoms with Crippen molar-refractivity contribution in [2.75, 3.05) is 5.32 Å². The maximum atomic E-state index is 13.4. The van der Waals surface area contributed by atoms with Crippen LogP contribution in [0.4, 0.5) is 10.1 Å². The van der Waals surface area contributed by atoms with Gasteiger partial charge in [-0.3, -0.25) is 4.79 Å². The van der Waals surface area contributed by atoms with E-state index in [9.17, 15) is 9.18 Å². The second-order valence-corrected chi connectivity index (χ2v) is 7.76. The predicted octanol–water partition coefficient (Wildman–Crippen LogP) is 6.11. The zero-order chi connectivity index (χ0) is 20.2. The fourth-order valence-corrected chi connectivity index (χ4v) is 4.12. The van der Waals surface area contributed by atoms with Gasteiger partial charge in [-0.15, -0.1) is 11.3 Å². The molecule has 0 bridgehead atoms. The summed E-state index contributed by atoms with van der Waals surface area (Å²) in [6.07, 6.45) is 0.114. The standard InChI is InChI=1S/C24H19FN2OS/c1-16-10-12-17(13-11-16)23-21(27-24(29-23)18-6-3-2-4-7-18)15-22(28)26-20-9-5-8-19(25)14-20/h2-14H,15H2,1H3,(H,26,28). The second-order valence-electron chi connectivity index (χ2n) is 6.76. The van der Waals surface area contributed by atoms with Crippen LogP contribution >= 0.6 is 11.3 Å². The maximum absolute atomic E-state index is 13.4. The van der Waals surface area contributed by atoms with Crippen molar-refractivity contribution in [3.63, 3.8) is 0 Å². The first kappa shape index (κ1) is 19.0. The molecule has 0 aliphatic carbocycles. The van der Waals surface area contributed by atoms with E-state index in [1.165, 1.54) is 17.7 Å². The number of nitrogens with zero attached hydrogens (tertiary/aromatic N) is 1. The molecule has 144 valence electrons. The van der Waals surface area contributed by atoms with E-state index in [-0.39, 0.29) is 18.1 Å². The number of carbonyl (C=O) groups excluding carboxylic acids is 1. The molecule has 1 heterocycles. The summed E-state index contributed by atoms with van der Waals surface area (Å²) in [6, 6.07) is 24.0. The number of halogens is 1. The van der Waals surface area contributed by atoms with E-state index < -0.39 is 0 Å². The van der Waals surface area contributed by atoms with Crippen LogP contribution in [0.1, 0.15) is 11.3 Å². The van der Waals surface area contributed by atoms with Gasteiger partial charge in [0.25, 0.3) is 0 Å². The van der Waals surface area contributed by atoms with E-state index >= 15 is 0 Å². The van der Waals surface area contributed by atoms with Crippen LogP contribution in [-0.4, -0.2) is 10.9 Å². The number of benzene rings is 3. The number of carbonyl (C=O) groups is 1. The molecule has 4 aromatic rings. The third-order valence-corrected chi connectivity index (χ3v) is 5.66. The minimum absolute atomic E-state index is 0.114. The van der Waals surface area contributed by atoms with Crippen molar-refractivity contribution in [2.24, 2.45) is 0 Å². The van der Waals surface area contributed by atoms with Gasteiger partial charge in [-0.2, -0.15) is 0 Å². The third kappa shape index (κ3) is 4.58.